The average molecular weight is 296 g/mol. The fourth-order valence-electron chi connectivity index (χ4n) is 3.09. The Balaban J connectivity index is 1.96. The van der Waals surface area contributed by atoms with Gasteiger partial charge in [-0.1, -0.05) is 29.8 Å². The third-order valence-electron chi connectivity index (χ3n) is 4.29. The van der Waals surface area contributed by atoms with E-state index in [0.717, 1.165) is 5.56 Å². The van der Waals surface area contributed by atoms with Gasteiger partial charge in [-0.25, -0.2) is 0 Å². The Hall–Kier alpha value is -1.10. The molecule has 108 valence electrons. The number of rotatable bonds is 2. The van der Waals surface area contributed by atoms with Gasteiger partial charge >= 0.3 is 0 Å². The molecule has 0 radical (unpaired) electrons. The average Bonchev–Trinajstić information content (AvgIpc) is 2.44. The van der Waals surface area contributed by atoms with Crippen molar-refractivity contribution in [3.63, 3.8) is 0 Å². The molecule has 1 aromatic carbocycles. The summed E-state index contributed by atoms with van der Waals surface area (Å²) < 4.78 is 5.43. The molecule has 2 saturated heterocycles. The lowest BCUT2D eigenvalue weighted by Gasteiger charge is -2.45. The number of hydrogen-bond donors (Lipinski definition) is 1. The van der Waals surface area contributed by atoms with Gasteiger partial charge < -0.3 is 14.7 Å². The maximum atomic E-state index is 12.9. The third kappa shape index (κ3) is 2.22. The first-order chi connectivity index (χ1) is 9.63. The van der Waals surface area contributed by atoms with Crippen molar-refractivity contribution in [2.75, 3.05) is 26.3 Å². The molecule has 5 heteroatoms. The highest BCUT2D eigenvalue weighted by atomic mass is 35.5. The van der Waals surface area contributed by atoms with Gasteiger partial charge in [0.15, 0.2) is 0 Å². The van der Waals surface area contributed by atoms with Crippen molar-refractivity contribution in [3.05, 3.63) is 34.9 Å². The van der Waals surface area contributed by atoms with Gasteiger partial charge in [-0.05, 0) is 24.5 Å². The standard InChI is InChI=1S/C15H18ClNO3/c16-13-4-2-1-3-12(13)15(5-7-20-8-6-15)14(19)17-9-11(18)10-17/h1-4,11,18H,5-10H2. The van der Waals surface area contributed by atoms with Crippen LogP contribution in [0.25, 0.3) is 0 Å². The molecule has 4 nitrogen and oxygen atoms in total. The summed E-state index contributed by atoms with van der Waals surface area (Å²) in [6.07, 6.45) is 0.895. The minimum Gasteiger partial charge on any atom is -0.389 e. The second-order valence-electron chi connectivity index (χ2n) is 5.54. The molecule has 1 amide bonds. The van der Waals surface area contributed by atoms with Crippen LogP contribution in [0.2, 0.25) is 5.02 Å². The van der Waals surface area contributed by atoms with Crippen LogP contribution in [0, 0.1) is 0 Å². The Morgan fingerprint density at radius 1 is 1.30 bits per heavy atom. The van der Waals surface area contributed by atoms with Crippen molar-refractivity contribution in [1.29, 1.82) is 0 Å². The zero-order chi connectivity index (χ0) is 14.2. The van der Waals surface area contributed by atoms with E-state index in [9.17, 15) is 9.90 Å². The second kappa shape index (κ2) is 5.35. The zero-order valence-electron chi connectivity index (χ0n) is 11.2. The lowest BCUT2D eigenvalue weighted by molar-refractivity contribution is -0.151. The molecular weight excluding hydrogens is 278 g/mol. The third-order valence-corrected chi connectivity index (χ3v) is 4.62. The first-order valence-electron chi connectivity index (χ1n) is 6.94. The molecule has 1 N–H and O–H groups in total. The van der Waals surface area contributed by atoms with Crippen molar-refractivity contribution < 1.29 is 14.6 Å². The van der Waals surface area contributed by atoms with Crippen LogP contribution in [0.3, 0.4) is 0 Å². The molecule has 2 aliphatic rings. The molecular formula is C15H18ClNO3. The smallest absolute Gasteiger partial charge is 0.233 e. The van der Waals surface area contributed by atoms with E-state index >= 15 is 0 Å². The first-order valence-corrected chi connectivity index (χ1v) is 7.31. The number of carbonyl (C=O) groups is 1. The lowest BCUT2D eigenvalue weighted by atomic mass is 9.72. The van der Waals surface area contributed by atoms with Crippen LogP contribution in [0.1, 0.15) is 18.4 Å². The summed E-state index contributed by atoms with van der Waals surface area (Å²) in [6, 6.07) is 7.54. The van der Waals surface area contributed by atoms with Crippen LogP contribution in [-0.4, -0.2) is 48.3 Å². The van der Waals surface area contributed by atoms with Gasteiger partial charge in [0.25, 0.3) is 0 Å². The Bertz CT molecular complexity index is 508. The molecule has 3 rings (SSSR count). The zero-order valence-corrected chi connectivity index (χ0v) is 12.0. The number of aliphatic hydroxyl groups is 1. The number of ether oxygens (including phenoxy) is 1. The normalized spacial score (nSPS) is 22.4. The van der Waals surface area contributed by atoms with Crippen LogP contribution in [-0.2, 0) is 14.9 Å². The number of amides is 1. The van der Waals surface area contributed by atoms with Gasteiger partial charge in [-0.3, -0.25) is 4.79 Å². The molecule has 2 fully saturated rings. The summed E-state index contributed by atoms with van der Waals surface area (Å²) in [5.74, 6) is 0.0687. The molecule has 0 atom stereocenters. The van der Waals surface area contributed by atoms with Crippen molar-refractivity contribution >= 4 is 17.5 Å². The first kappa shape index (κ1) is 13.9. The van der Waals surface area contributed by atoms with E-state index in [-0.39, 0.29) is 12.0 Å². The highest BCUT2D eigenvalue weighted by Gasteiger charge is 2.47. The molecule has 2 aliphatic heterocycles. The van der Waals surface area contributed by atoms with Crippen molar-refractivity contribution in [2.24, 2.45) is 0 Å². The molecule has 0 unspecified atom stereocenters. The summed E-state index contributed by atoms with van der Waals surface area (Å²) in [5, 5.41) is 10.1. The number of likely N-dealkylation sites (tertiary alicyclic amines) is 1. The maximum Gasteiger partial charge on any atom is 0.233 e. The van der Waals surface area contributed by atoms with Crippen molar-refractivity contribution in [1.82, 2.24) is 4.90 Å². The molecule has 0 aliphatic carbocycles. The highest BCUT2D eigenvalue weighted by Crippen LogP contribution is 2.40. The Morgan fingerprint density at radius 3 is 2.55 bits per heavy atom. The van der Waals surface area contributed by atoms with Gasteiger partial charge in [-0.15, -0.1) is 0 Å². The van der Waals surface area contributed by atoms with E-state index in [1.807, 2.05) is 24.3 Å². The molecule has 1 aromatic rings. The Labute approximate surface area is 123 Å². The number of nitrogens with zero attached hydrogens (tertiary/aromatic N) is 1. The van der Waals surface area contributed by atoms with E-state index in [1.165, 1.54) is 0 Å². The number of aliphatic hydroxyl groups excluding tert-OH is 1. The molecule has 0 aromatic heterocycles. The predicted molar refractivity (Wildman–Crippen MR) is 75.8 cm³/mol. The number of β-amino-alcohol motifs (C(OH)–C–C–N with tert-alkyl or cyclic N) is 1. The minimum atomic E-state index is -0.600. The minimum absolute atomic E-state index is 0.0687. The molecule has 0 spiro atoms. The van der Waals surface area contributed by atoms with E-state index in [0.29, 0.717) is 44.2 Å². The SMILES string of the molecule is O=C(N1CC(O)C1)C1(c2ccccc2Cl)CCOCC1. The summed E-state index contributed by atoms with van der Waals surface area (Å²) in [7, 11) is 0. The van der Waals surface area contributed by atoms with Crippen molar-refractivity contribution in [2.45, 2.75) is 24.4 Å². The molecule has 0 saturated carbocycles. The van der Waals surface area contributed by atoms with Crippen molar-refractivity contribution in [3.8, 4) is 0 Å². The van der Waals surface area contributed by atoms with E-state index in [2.05, 4.69) is 0 Å². The monoisotopic (exact) mass is 295 g/mol. The molecule has 2 heterocycles. The fraction of sp³-hybridized carbons (Fsp3) is 0.533. The van der Waals surface area contributed by atoms with Gasteiger partial charge in [0, 0.05) is 31.3 Å². The lowest BCUT2D eigenvalue weighted by Crippen LogP contribution is -2.60. The van der Waals surface area contributed by atoms with E-state index in [1.54, 1.807) is 4.90 Å². The summed E-state index contributed by atoms with van der Waals surface area (Å²) >= 11 is 6.32. The van der Waals surface area contributed by atoms with Gasteiger partial charge in [0.1, 0.15) is 0 Å². The Kier molecular flexibility index (Phi) is 3.71. The quantitative estimate of drug-likeness (QED) is 0.901. The molecule has 0 bridgehead atoms. The van der Waals surface area contributed by atoms with E-state index < -0.39 is 5.41 Å². The number of carbonyl (C=O) groups excluding carboxylic acids is 1. The Morgan fingerprint density at radius 2 is 1.95 bits per heavy atom. The largest absolute Gasteiger partial charge is 0.389 e. The maximum absolute atomic E-state index is 12.9. The summed E-state index contributed by atoms with van der Waals surface area (Å²) in [4.78, 5) is 14.6. The van der Waals surface area contributed by atoms with E-state index in [4.69, 9.17) is 16.3 Å². The summed E-state index contributed by atoms with van der Waals surface area (Å²) in [5.41, 5.74) is 0.285. The fourth-order valence-corrected chi connectivity index (χ4v) is 3.41. The van der Waals surface area contributed by atoms with Crippen LogP contribution >= 0.6 is 11.6 Å². The summed E-state index contributed by atoms with van der Waals surface area (Å²) in [6.45, 7) is 1.97. The number of halogens is 1. The van der Waals surface area contributed by atoms with Crippen LogP contribution in [0.4, 0.5) is 0 Å². The van der Waals surface area contributed by atoms with Gasteiger partial charge in [-0.2, -0.15) is 0 Å². The number of benzene rings is 1. The predicted octanol–water partition coefficient (Wildman–Crippen LogP) is 1.59. The topological polar surface area (TPSA) is 49.8 Å². The van der Waals surface area contributed by atoms with Gasteiger partial charge in [0.05, 0.1) is 11.5 Å². The van der Waals surface area contributed by atoms with Crippen LogP contribution in [0.5, 0.6) is 0 Å². The highest BCUT2D eigenvalue weighted by molar-refractivity contribution is 6.31. The van der Waals surface area contributed by atoms with Crippen LogP contribution < -0.4 is 0 Å². The number of hydrogen-bond acceptors (Lipinski definition) is 3. The van der Waals surface area contributed by atoms with Crippen LogP contribution in [0.15, 0.2) is 24.3 Å². The second-order valence-corrected chi connectivity index (χ2v) is 5.95. The van der Waals surface area contributed by atoms with Gasteiger partial charge in [0.2, 0.25) is 5.91 Å². The molecule has 20 heavy (non-hydrogen) atoms.